The van der Waals surface area contributed by atoms with Crippen molar-refractivity contribution in [2.24, 2.45) is 11.5 Å². The molecule has 4 N–H and O–H groups in total. The standard InChI is InChI=1S/C15H18N2O5/c1-20-12-4-3-8-9(10(18)6-16)5-13(11(19)7-17)22-14(8)15(12)21-2/h4-5H,3,6-7,16-17H2,1-2H3. The maximum Gasteiger partial charge on any atom is 0.211 e. The lowest BCUT2D eigenvalue weighted by Gasteiger charge is -2.27. The Labute approximate surface area is 127 Å². The number of ether oxygens (including phenoxy) is 3. The molecular weight excluding hydrogens is 288 g/mol. The number of Topliss-reactive ketones (excluding diaryl/α,β-unsaturated/α-hetero) is 2. The fourth-order valence-electron chi connectivity index (χ4n) is 2.29. The Kier molecular flexibility index (Phi) is 4.79. The molecule has 0 atom stereocenters. The van der Waals surface area contributed by atoms with E-state index in [4.69, 9.17) is 25.7 Å². The number of methoxy groups -OCH3 is 2. The molecule has 0 aromatic rings. The van der Waals surface area contributed by atoms with E-state index in [9.17, 15) is 9.59 Å². The molecule has 1 aliphatic heterocycles. The van der Waals surface area contributed by atoms with Crippen LogP contribution in [0.25, 0.3) is 0 Å². The highest BCUT2D eigenvalue weighted by Crippen LogP contribution is 2.38. The molecule has 2 rings (SSSR count). The van der Waals surface area contributed by atoms with Crippen LogP contribution >= 0.6 is 0 Å². The maximum atomic E-state index is 12.1. The van der Waals surface area contributed by atoms with Gasteiger partial charge in [0.15, 0.2) is 23.1 Å². The molecule has 0 amide bonds. The largest absolute Gasteiger partial charge is 0.493 e. The molecule has 0 fully saturated rings. The summed E-state index contributed by atoms with van der Waals surface area (Å²) < 4.78 is 16.1. The van der Waals surface area contributed by atoms with Crippen LogP contribution in [-0.4, -0.2) is 38.9 Å². The predicted molar refractivity (Wildman–Crippen MR) is 78.1 cm³/mol. The normalized spacial score (nSPS) is 17.3. The number of hydrogen-bond acceptors (Lipinski definition) is 7. The van der Waals surface area contributed by atoms with E-state index in [1.165, 1.54) is 20.3 Å². The molecule has 1 heterocycles. The summed E-state index contributed by atoms with van der Waals surface area (Å²) in [5.74, 6) is 0.368. The Hall–Kier alpha value is -2.38. The van der Waals surface area contributed by atoms with Crippen LogP contribution in [0, 0.1) is 0 Å². The number of carbonyl (C=O) groups excluding carboxylic acids is 2. The van der Waals surface area contributed by atoms with Crippen LogP contribution in [-0.2, 0) is 23.8 Å². The Morgan fingerprint density at radius 2 is 1.86 bits per heavy atom. The first kappa shape index (κ1) is 16.0. The molecule has 1 aliphatic carbocycles. The van der Waals surface area contributed by atoms with Crippen LogP contribution < -0.4 is 11.5 Å². The van der Waals surface area contributed by atoms with Crippen LogP contribution in [0.5, 0.6) is 0 Å². The van der Waals surface area contributed by atoms with Crippen LogP contribution in [0.3, 0.4) is 0 Å². The Balaban J connectivity index is 2.62. The molecule has 0 spiro atoms. The van der Waals surface area contributed by atoms with Gasteiger partial charge in [0.2, 0.25) is 11.5 Å². The molecule has 0 saturated carbocycles. The van der Waals surface area contributed by atoms with Gasteiger partial charge in [-0.25, -0.2) is 0 Å². The number of fused-ring (bicyclic) bond motifs is 1. The van der Waals surface area contributed by atoms with E-state index in [-0.39, 0.29) is 30.4 Å². The lowest BCUT2D eigenvalue weighted by molar-refractivity contribution is -0.117. The second kappa shape index (κ2) is 6.59. The average Bonchev–Trinajstić information content (AvgIpc) is 2.57. The van der Waals surface area contributed by atoms with E-state index in [1.54, 1.807) is 6.08 Å². The van der Waals surface area contributed by atoms with Crippen LogP contribution in [0.1, 0.15) is 6.42 Å². The lowest BCUT2D eigenvalue weighted by Crippen LogP contribution is -2.26. The van der Waals surface area contributed by atoms with Gasteiger partial charge >= 0.3 is 0 Å². The smallest absolute Gasteiger partial charge is 0.211 e. The Morgan fingerprint density at radius 1 is 1.18 bits per heavy atom. The van der Waals surface area contributed by atoms with E-state index in [2.05, 4.69) is 0 Å². The van der Waals surface area contributed by atoms with Gasteiger partial charge in [-0.05, 0) is 18.6 Å². The first-order chi connectivity index (χ1) is 10.6. The molecule has 22 heavy (non-hydrogen) atoms. The third-order valence-corrected chi connectivity index (χ3v) is 3.38. The highest BCUT2D eigenvalue weighted by molar-refractivity contribution is 6.05. The SMILES string of the molecule is COC1=CCC2=C(C(=O)CN)C=C(C(=O)CN)OC2=C1OC. The van der Waals surface area contributed by atoms with E-state index in [0.717, 1.165) is 0 Å². The number of carbonyl (C=O) groups is 2. The van der Waals surface area contributed by atoms with Gasteiger partial charge in [0, 0.05) is 11.1 Å². The quantitative estimate of drug-likeness (QED) is 0.712. The van der Waals surface area contributed by atoms with Crippen molar-refractivity contribution in [3.63, 3.8) is 0 Å². The predicted octanol–water partition coefficient (Wildman–Crippen LogP) is 0.0447. The van der Waals surface area contributed by atoms with E-state index in [0.29, 0.717) is 29.1 Å². The lowest BCUT2D eigenvalue weighted by atomic mass is 9.92. The second-order valence-electron chi connectivity index (χ2n) is 4.60. The fourth-order valence-corrected chi connectivity index (χ4v) is 2.29. The van der Waals surface area contributed by atoms with Gasteiger partial charge in [-0.2, -0.15) is 0 Å². The molecule has 0 saturated heterocycles. The van der Waals surface area contributed by atoms with Crippen LogP contribution in [0.15, 0.2) is 46.3 Å². The monoisotopic (exact) mass is 306 g/mol. The zero-order valence-electron chi connectivity index (χ0n) is 12.5. The topological polar surface area (TPSA) is 114 Å². The van der Waals surface area contributed by atoms with Crippen molar-refractivity contribution >= 4 is 11.6 Å². The van der Waals surface area contributed by atoms with E-state index >= 15 is 0 Å². The minimum atomic E-state index is -0.419. The fraction of sp³-hybridized carbons (Fsp3) is 0.333. The van der Waals surface area contributed by atoms with Crippen LogP contribution in [0.4, 0.5) is 0 Å². The first-order valence-corrected chi connectivity index (χ1v) is 6.69. The molecule has 7 nitrogen and oxygen atoms in total. The molecule has 2 aliphatic rings. The summed E-state index contributed by atoms with van der Waals surface area (Å²) in [6, 6.07) is 0. The first-order valence-electron chi connectivity index (χ1n) is 6.69. The van der Waals surface area contributed by atoms with Crippen molar-refractivity contribution in [3.8, 4) is 0 Å². The molecule has 0 bridgehead atoms. The highest BCUT2D eigenvalue weighted by atomic mass is 16.5. The summed E-state index contributed by atoms with van der Waals surface area (Å²) in [4.78, 5) is 23.9. The number of allylic oxidation sites excluding steroid dienone is 3. The Bertz CT molecular complexity index is 640. The molecule has 7 heteroatoms. The van der Waals surface area contributed by atoms with Gasteiger partial charge in [0.25, 0.3) is 0 Å². The number of ketones is 2. The van der Waals surface area contributed by atoms with E-state index in [1.807, 2.05) is 0 Å². The van der Waals surface area contributed by atoms with Crippen molar-refractivity contribution in [2.45, 2.75) is 6.42 Å². The summed E-state index contributed by atoms with van der Waals surface area (Å²) >= 11 is 0. The summed E-state index contributed by atoms with van der Waals surface area (Å²) in [6.07, 6.45) is 3.57. The van der Waals surface area contributed by atoms with E-state index < -0.39 is 5.78 Å². The van der Waals surface area contributed by atoms with Crippen molar-refractivity contribution in [1.29, 1.82) is 0 Å². The summed E-state index contributed by atoms with van der Waals surface area (Å²) in [6.45, 7) is -0.399. The molecule has 0 aromatic carbocycles. The van der Waals surface area contributed by atoms with Gasteiger partial charge in [-0.3, -0.25) is 9.59 Å². The van der Waals surface area contributed by atoms with Gasteiger partial charge in [0.1, 0.15) is 0 Å². The third-order valence-electron chi connectivity index (χ3n) is 3.38. The maximum absolute atomic E-state index is 12.1. The van der Waals surface area contributed by atoms with Gasteiger partial charge in [-0.1, -0.05) is 0 Å². The van der Waals surface area contributed by atoms with Gasteiger partial charge in [0.05, 0.1) is 27.3 Å². The zero-order valence-corrected chi connectivity index (χ0v) is 12.5. The van der Waals surface area contributed by atoms with Crippen molar-refractivity contribution in [2.75, 3.05) is 27.3 Å². The summed E-state index contributed by atoms with van der Waals surface area (Å²) in [5.41, 5.74) is 11.8. The summed E-state index contributed by atoms with van der Waals surface area (Å²) in [5, 5.41) is 0. The Morgan fingerprint density at radius 3 is 2.41 bits per heavy atom. The second-order valence-corrected chi connectivity index (χ2v) is 4.60. The molecule has 118 valence electrons. The summed E-state index contributed by atoms with van der Waals surface area (Å²) in [7, 11) is 2.95. The van der Waals surface area contributed by atoms with Gasteiger partial charge < -0.3 is 25.7 Å². The van der Waals surface area contributed by atoms with Crippen molar-refractivity contribution in [3.05, 3.63) is 46.3 Å². The molecular formula is C15H18N2O5. The minimum Gasteiger partial charge on any atom is -0.493 e. The molecule has 0 unspecified atom stereocenters. The minimum absolute atomic E-state index is 0.00930. The van der Waals surface area contributed by atoms with Gasteiger partial charge in [-0.15, -0.1) is 0 Å². The molecule has 0 aromatic heterocycles. The average molecular weight is 306 g/mol. The zero-order chi connectivity index (χ0) is 16.3. The number of rotatable bonds is 6. The van der Waals surface area contributed by atoms with Crippen LogP contribution in [0.2, 0.25) is 0 Å². The number of hydrogen-bond donors (Lipinski definition) is 2. The number of nitrogens with two attached hydrogens (primary N) is 2. The van der Waals surface area contributed by atoms with Crippen molar-refractivity contribution in [1.82, 2.24) is 0 Å². The van der Waals surface area contributed by atoms with Crippen molar-refractivity contribution < 1.29 is 23.8 Å². The highest BCUT2D eigenvalue weighted by Gasteiger charge is 2.32. The molecule has 0 radical (unpaired) electrons. The third kappa shape index (κ3) is 2.68.